The second-order valence-corrected chi connectivity index (χ2v) is 6.83. The Morgan fingerprint density at radius 2 is 2.04 bits per heavy atom. The molecule has 0 spiro atoms. The van der Waals surface area contributed by atoms with Crippen molar-refractivity contribution in [2.75, 3.05) is 39.9 Å². The zero-order valence-corrected chi connectivity index (χ0v) is 14.9. The van der Waals surface area contributed by atoms with E-state index < -0.39 is 0 Å². The molecule has 25 heavy (non-hydrogen) atoms. The number of nitrogens with zero attached hydrogens (tertiary/aromatic N) is 2. The van der Waals surface area contributed by atoms with Gasteiger partial charge in [-0.2, -0.15) is 0 Å². The molecule has 0 bridgehead atoms. The van der Waals surface area contributed by atoms with Gasteiger partial charge in [0.2, 0.25) is 5.91 Å². The first-order chi connectivity index (χ1) is 12.2. The number of hydrogen-bond acceptors (Lipinski definition) is 5. The van der Waals surface area contributed by atoms with Gasteiger partial charge in [0.1, 0.15) is 12.4 Å². The number of piperazine rings is 1. The van der Waals surface area contributed by atoms with Gasteiger partial charge >= 0.3 is 0 Å². The van der Waals surface area contributed by atoms with E-state index in [-0.39, 0.29) is 24.7 Å². The van der Waals surface area contributed by atoms with Crippen LogP contribution in [-0.2, 0) is 16.1 Å². The van der Waals surface area contributed by atoms with Crippen LogP contribution in [0.3, 0.4) is 0 Å². The van der Waals surface area contributed by atoms with E-state index in [9.17, 15) is 9.90 Å². The van der Waals surface area contributed by atoms with Gasteiger partial charge < -0.3 is 19.5 Å². The molecule has 1 aliphatic carbocycles. The summed E-state index contributed by atoms with van der Waals surface area (Å²) >= 11 is 0. The summed E-state index contributed by atoms with van der Waals surface area (Å²) in [5, 5.41) is 10.0. The summed E-state index contributed by atoms with van der Waals surface area (Å²) in [6, 6.07) is 7.95. The van der Waals surface area contributed by atoms with Crippen LogP contribution in [0.1, 0.15) is 24.8 Å². The summed E-state index contributed by atoms with van der Waals surface area (Å²) in [6.07, 6.45) is 2.87. The minimum atomic E-state index is -0.201. The lowest BCUT2D eigenvalue weighted by atomic mass is 10.1. The molecular formula is C19H28N2O4. The van der Waals surface area contributed by atoms with Crippen LogP contribution in [0.25, 0.3) is 0 Å². The van der Waals surface area contributed by atoms with Gasteiger partial charge in [0.25, 0.3) is 0 Å². The Morgan fingerprint density at radius 1 is 1.24 bits per heavy atom. The van der Waals surface area contributed by atoms with Crippen molar-refractivity contribution in [2.45, 2.75) is 38.0 Å². The fourth-order valence-corrected chi connectivity index (χ4v) is 3.76. The zero-order valence-electron chi connectivity index (χ0n) is 14.9. The molecule has 1 amide bonds. The molecule has 3 rings (SSSR count). The van der Waals surface area contributed by atoms with E-state index in [2.05, 4.69) is 4.90 Å². The van der Waals surface area contributed by atoms with Gasteiger partial charge in [-0.15, -0.1) is 0 Å². The van der Waals surface area contributed by atoms with Crippen molar-refractivity contribution in [1.29, 1.82) is 0 Å². The van der Waals surface area contributed by atoms with Gasteiger partial charge in [-0.05, 0) is 37.0 Å². The van der Waals surface area contributed by atoms with Crippen molar-refractivity contribution in [3.8, 4) is 5.75 Å². The lowest BCUT2D eigenvalue weighted by Crippen LogP contribution is -2.54. The number of rotatable bonds is 6. The topological polar surface area (TPSA) is 62.2 Å². The van der Waals surface area contributed by atoms with Gasteiger partial charge in [-0.1, -0.05) is 12.1 Å². The van der Waals surface area contributed by atoms with Crippen LogP contribution in [0, 0.1) is 0 Å². The maximum atomic E-state index is 12.3. The van der Waals surface area contributed by atoms with E-state index in [1.54, 1.807) is 7.11 Å². The second kappa shape index (κ2) is 8.65. The van der Waals surface area contributed by atoms with E-state index in [0.29, 0.717) is 19.7 Å². The maximum Gasteiger partial charge on any atom is 0.248 e. The van der Waals surface area contributed by atoms with E-state index >= 15 is 0 Å². The van der Waals surface area contributed by atoms with Crippen LogP contribution >= 0.6 is 0 Å². The number of carbonyl (C=O) groups is 1. The average molecular weight is 348 g/mol. The quantitative estimate of drug-likeness (QED) is 0.839. The Hall–Kier alpha value is -1.63. The summed E-state index contributed by atoms with van der Waals surface area (Å²) in [6.45, 7) is 3.60. The molecule has 138 valence electrons. The summed E-state index contributed by atoms with van der Waals surface area (Å²) in [5.41, 5.74) is 0.993. The van der Waals surface area contributed by atoms with E-state index in [4.69, 9.17) is 9.47 Å². The first kappa shape index (κ1) is 18.2. The van der Waals surface area contributed by atoms with Gasteiger partial charge in [0.15, 0.2) is 0 Å². The zero-order chi connectivity index (χ0) is 17.6. The molecule has 2 unspecified atom stereocenters. The van der Waals surface area contributed by atoms with Crippen LogP contribution in [0.5, 0.6) is 5.75 Å². The largest absolute Gasteiger partial charge is 0.497 e. The predicted molar refractivity (Wildman–Crippen MR) is 94.4 cm³/mol. The van der Waals surface area contributed by atoms with Gasteiger partial charge in [0, 0.05) is 32.2 Å². The van der Waals surface area contributed by atoms with Gasteiger partial charge in [0.05, 0.1) is 19.8 Å². The Balaban J connectivity index is 1.39. The minimum Gasteiger partial charge on any atom is -0.497 e. The number of aliphatic hydroxyl groups excluding tert-OH is 1. The van der Waals surface area contributed by atoms with Crippen molar-refractivity contribution in [1.82, 2.24) is 9.80 Å². The first-order valence-corrected chi connectivity index (χ1v) is 9.08. The molecule has 2 atom stereocenters. The molecule has 1 saturated carbocycles. The lowest BCUT2D eigenvalue weighted by molar-refractivity contribution is -0.138. The fourth-order valence-electron chi connectivity index (χ4n) is 3.76. The number of amides is 1. The number of benzene rings is 1. The maximum absolute atomic E-state index is 12.3. The fraction of sp³-hybridized carbons (Fsp3) is 0.632. The molecule has 1 N–H and O–H groups in total. The third kappa shape index (κ3) is 4.71. The van der Waals surface area contributed by atoms with Crippen LogP contribution in [0.15, 0.2) is 24.3 Å². The van der Waals surface area contributed by atoms with Crippen molar-refractivity contribution in [3.63, 3.8) is 0 Å². The van der Waals surface area contributed by atoms with Crippen molar-refractivity contribution >= 4 is 5.91 Å². The third-order valence-electron chi connectivity index (χ3n) is 5.21. The lowest BCUT2D eigenvalue weighted by Gasteiger charge is -2.39. The van der Waals surface area contributed by atoms with Gasteiger partial charge in [-0.3, -0.25) is 9.69 Å². The smallest absolute Gasteiger partial charge is 0.248 e. The predicted octanol–water partition coefficient (Wildman–Crippen LogP) is 1.27. The Morgan fingerprint density at radius 3 is 2.72 bits per heavy atom. The molecule has 1 aromatic carbocycles. The van der Waals surface area contributed by atoms with Crippen LogP contribution in [0.4, 0.5) is 0 Å². The normalized spacial score (nSPS) is 24.5. The van der Waals surface area contributed by atoms with Crippen LogP contribution in [-0.4, -0.2) is 72.9 Å². The molecule has 0 aromatic heterocycles. The molecule has 0 radical (unpaired) electrons. The summed E-state index contributed by atoms with van der Waals surface area (Å²) in [4.78, 5) is 16.5. The first-order valence-electron chi connectivity index (χ1n) is 9.08. The number of carbonyl (C=O) groups excluding carboxylic acids is 1. The number of aliphatic hydroxyl groups is 1. The van der Waals surface area contributed by atoms with E-state index in [0.717, 1.165) is 43.7 Å². The summed E-state index contributed by atoms with van der Waals surface area (Å²) in [7, 11) is 1.63. The average Bonchev–Trinajstić information content (AvgIpc) is 3.08. The van der Waals surface area contributed by atoms with Crippen LogP contribution in [0.2, 0.25) is 0 Å². The van der Waals surface area contributed by atoms with Crippen molar-refractivity contribution < 1.29 is 19.4 Å². The van der Waals surface area contributed by atoms with E-state index in [1.807, 2.05) is 29.2 Å². The summed E-state index contributed by atoms with van der Waals surface area (Å²) in [5.74, 6) is 0.826. The molecular weight excluding hydrogens is 320 g/mol. The Labute approximate surface area is 149 Å². The third-order valence-corrected chi connectivity index (χ3v) is 5.21. The van der Waals surface area contributed by atoms with Crippen molar-refractivity contribution in [3.05, 3.63) is 29.8 Å². The molecule has 6 heteroatoms. The number of methoxy groups -OCH3 is 1. The Bertz CT molecular complexity index is 572. The highest BCUT2D eigenvalue weighted by atomic mass is 16.5. The van der Waals surface area contributed by atoms with Crippen molar-refractivity contribution in [2.24, 2.45) is 0 Å². The second-order valence-electron chi connectivity index (χ2n) is 6.83. The minimum absolute atomic E-state index is 0.0366. The highest BCUT2D eigenvalue weighted by Gasteiger charge is 2.33. The van der Waals surface area contributed by atoms with E-state index in [1.165, 1.54) is 0 Å². The standard InChI is InChI=1S/C19H28N2O4/c1-24-16-5-2-4-15(12-16)13-25-14-19(23)21-10-8-20(9-11-21)17-6-3-7-18(17)22/h2,4-5,12,17-18,22H,3,6-11,13-14H2,1H3. The van der Waals surface area contributed by atoms with Crippen LogP contribution < -0.4 is 4.74 Å². The monoisotopic (exact) mass is 348 g/mol. The number of ether oxygens (including phenoxy) is 2. The summed E-state index contributed by atoms with van der Waals surface area (Å²) < 4.78 is 10.8. The van der Waals surface area contributed by atoms with Gasteiger partial charge in [-0.25, -0.2) is 0 Å². The highest BCUT2D eigenvalue weighted by molar-refractivity contribution is 5.77. The number of hydrogen-bond donors (Lipinski definition) is 1. The highest BCUT2D eigenvalue weighted by Crippen LogP contribution is 2.25. The molecule has 1 heterocycles. The molecule has 1 saturated heterocycles. The molecule has 1 aliphatic heterocycles. The molecule has 6 nitrogen and oxygen atoms in total. The Kier molecular flexibility index (Phi) is 6.29. The molecule has 1 aromatic rings. The molecule has 2 aliphatic rings. The molecule has 2 fully saturated rings. The SMILES string of the molecule is COc1cccc(COCC(=O)N2CCN(C3CCCC3O)CC2)c1.